The molecule has 0 saturated carbocycles. The lowest BCUT2D eigenvalue weighted by molar-refractivity contribution is -0.135. The first-order chi connectivity index (χ1) is 18.0. The van der Waals surface area contributed by atoms with Gasteiger partial charge >= 0.3 is 0 Å². The number of fused-ring (bicyclic) bond motifs is 2. The maximum atomic E-state index is 9.00. The van der Waals surface area contributed by atoms with Crippen LogP contribution >= 0.6 is 0 Å². The van der Waals surface area contributed by atoms with E-state index < -0.39 is 11.9 Å². The van der Waals surface area contributed by atoms with E-state index in [-0.39, 0.29) is 5.95 Å². The van der Waals surface area contributed by atoms with Crippen molar-refractivity contribution in [1.29, 1.82) is 0 Å². The third kappa shape index (κ3) is 7.51. The van der Waals surface area contributed by atoms with Gasteiger partial charge in [-0.05, 0) is 55.6 Å². The van der Waals surface area contributed by atoms with Gasteiger partial charge in [-0.2, -0.15) is 10.1 Å². The van der Waals surface area contributed by atoms with E-state index in [0.717, 1.165) is 53.6 Å². The van der Waals surface area contributed by atoms with Gasteiger partial charge in [-0.1, -0.05) is 6.07 Å². The minimum absolute atomic E-state index is 0.232. The number of carbonyl (C=O) groups is 2. The maximum absolute atomic E-state index is 9.00. The van der Waals surface area contributed by atoms with Crippen LogP contribution in [0.3, 0.4) is 0 Å². The highest BCUT2D eigenvalue weighted by molar-refractivity contribution is 5.99. The zero-order valence-corrected chi connectivity index (χ0v) is 21.5. The number of aromatic nitrogens is 5. The molecule has 0 unspecified atom stereocenters. The van der Waals surface area contributed by atoms with Crippen LogP contribution < -0.4 is 11.1 Å². The van der Waals surface area contributed by atoms with Gasteiger partial charge in [0.2, 0.25) is 5.95 Å². The number of nitrogens with one attached hydrogen (secondary N) is 3. The summed E-state index contributed by atoms with van der Waals surface area (Å²) >= 11 is 0. The Kier molecular flexibility index (Phi) is 8.95. The molecular formula is C26H30N8O4. The Morgan fingerprint density at radius 2 is 1.79 bits per heavy atom. The number of hydrogen-bond acceptors (Lipinski definition) is 8. The summed E-state index contributed by atoms with van der Waals surface area (Å²) in [4.78, 5) is 31.7. The second kappa shape index (κ2) is 12.3. The van der Waals surface area contributed by atoms with Gasteiger partial charge in [0.25, 0.3) is 11.9 Å². The number of benzene rings is 2. The number of nitrogen functional groups attached to an aromatic ring is 1. The predicted octanol–water partition coefficient (Wildman–Crippen LogP) is 4.07. The Morgan fingerprint density at radius 1 is 1.08 bits per heavy atom. The molecule has 0 atom stereocenters. The summed E-state index contributed by atoms with van der Waals surface area (Å²) in [6.07, 6.45) is 5.54. The summed E-state index contributed by atoms with van der Waals surface area (Å²) in [5.41, 5.74) is 12.2. The first-order valence-corrected chi connectivity index (χ1v) is 11.5. The van der Waals surface area contributed by atoms with Crippen LogP contribution in [0, 0.1) is 0 Å². The molecule has 0 fully saturated rings. The fourth-order valence-electron chi connectivity index (χ4n) is 3.77. The van der Waals surface area contributed by atoms with Gasteiger partial charge in [-0.25, -0.2) is 4.98 Å². The van der Waals surface area contributed by atoms with Gasteiger partial charge in [0.15, 0.2) is 0 Å². The third-order valence-electron chi connectivity index (χ3n) is 5.06. The summed E-state index contributed by atoms with van der Waals surface area (Å²) in [6, 6.07) is 12.4. The molecule has 5 aromatic rings. The molecule has 0 radical (unpaired) electrons. The van der Waals surface area contributed by atoms with Crippen molar-refractivity contribution in [2.75, 3.05) is 25.1 Å². The number of rotatable bonds is 5. The highest BCUT2D eigenvalue weighted by atomic mass is 16.4. The van der Waals surface area contributed by atoms with E-state index >= 15 is 0 Å². The van der Waals surface area contributed by atoms with Gasteiger partial charge in [-0.3, -0.25) is 14.7 Å². The molecule has 12 nitrogen and oxygen atoms in total. The topological polar surface area (TPSA) is 186 Å². The van der Waals surface area contributed by atoms with E-state index in [0.29, 0.717) is 5.82 Å². The molecule has 12 heteroatoms. The maximum Gasteiger partial charge on any atom is 0.300 e. The fraction of sp³-hybridized carbons (Fsp3) is 0.192. The Balaban J connectivity index is 0.000000443. The molecule has 7 N–H and O–H groups in total. The molecule has 38 heavy (non-hydrogen) atoms. The number of carboxylic acids is 2. The van der Waals surface area contributed by atoms with E-state index in [4.69, 9.17) is 25.5 Å². The second-order valence-corrected chi connectivity index (χ2v) is 8.63. The molecule has 0 saturated heterocycles. The SMILES string of the molecule is CC(=O)O.CC(=O)O.CN(C)Cc1c[nH]c2ccc(-c3cc(Nc4ccnc(N)n4)cc4cn[nH]c34)cc12. The van der Waals surface area contributed by atoms with E-state index in [1.165, 1.54) is 10.9 Å². The van der Waals surface area contributed by atoms with Gasteiger partial charge in [0.1, 0.15) is 5.82 Å². The summed E-state index contributed by atoms with van der Waals surface area (Å²) in [7, 11) is 4.15. The van der Waals surface area contributed by atoms with Crippen LogP contribution in [0.15, 0.2) is 55.0 Å². The van der Waals surface area contributed by atoms with E-state index in [9.17, 15) is 0 Å². The molecule has 0 spiro atoms. The number of H-pyrrole nitrogens is 2. The zero-order chi connectivity index (χ0) is 27.8. The summed E-state index contributed by atoms with van der Waals surface area (Å²) < 4.78 is 0. The zero-order valence-electron chi connectivity index (χ0n) is 21.5. The smallest absolute Gasteiger partial charge is 0.300 e. The van der Waals surface area contributed by atoms with Gasteiger partial charge in [0.05, 0.1) is 11.7 Å². The molecule has 3 aromatic heterocycles. The van der Waals surface area contributed by atoms with Crippen LogP contribution in [0.4, 0.5) is 17.5 Å². The van der Waals surface area contributed by atoms with Crippen molar-refractivity contribution in [3.8, 4) is 11.1 Å². The van der Waals surface area contributed by atoms with Crippen molar-refractivity contribution in [2.45, 2.75) is 20.4 Å². The van der Waals surface area contributed by atoms with Crippen molar-refractivity contribution in [3.63, 3.8) is 0 Å². The minimum Gasteiger partial charge on any atom is -0.481 e. The van der Waals surface area contributed by atoms with Gasteiger partial charge < -0.3 is 31.1 Å². The van der Waals surface area contributed by atoms with Crippen molar-refractivity contribution in [2.24, 2.45) is 0 Å². The summed E-state index contributed by atoms with van der Waals surface area (Å²) in [5, 5.41) is 27.8. The third-order valence-corrected chi connectivity index (χ3v) is 5.06. The van der Waals surface area contributed by atoms with Crippen LogP contribution in [0.5, 0.6) is 0 Å². The Labute approximate surface area is 218 Å². The number of aromatic amines is 2. The van der Waals surface area contributed by atoms with Crippen LogP contribution in [-0.2, 0) is 16.1 Å². The monoisotopic (exact) mass is 518 g/mol. The summed E-state index contributed by atoms with van der Waals surface area (Å²) in [5.74, 6) is -0.790. The number of aliphatic carboxylic acids is 2. The highest BCUT2D eigenvalue weighted by Gasteiger charge is 2.12. The average molecular weight is 519 g/mol. The number of hydrogen-bond donors (Lipinski definition) is 6. The number of nitrogens with zero attached hydrogens (tertiary/aromatic N) is 4. The lowest BCUT2D eigenvalue weighted by Crippen LogP contribution is -2.10. The molecule has 5 rings (SSSR count). The average Bonchev–Trinajstić information content (AvgIpc) is 3.44. The quantitative estimate of drug-likeness (QED) is 0.198. The lowest BCUT2D eigenvalue weighted by atomic mass is 9.99. The normalized spacial score (nSPS) is 10.4. The number of carboxylic acid groups (broad SMARTS) is 2. The van der Waals surface area contributed by atoms with Crippen molar-refractivity contribution in [1.82, 2.24) is 30.0 Å². The highest BCUT2D eigenvalue weighted by Crippen LogP contribution is 2.34. The summed E-state index contributed by atoms with van der Waals surface area (Å²) in [6.45, 7) is 3.04. The van der Waals surface area contributed by atoms with Crippen molar-refractivity contribution >= 4 is 51.2 Å². The van der Waals surface area contributed by atoms with E-state index in [2.05, 4.69) is 79.9 Å². The molecule has 2 aromatic carbocycles. The first-order valence-electron chi connectivity index (χ1n) is 11.5. The Morgan fingerprint density at radius 3 is 2.45 bits per heavy atom. The van der Waals surface area contributed by atoms with E-state index in [1.54, 1.807) is 12.3 Å². The minimum atomic E-state index is -0.833. The van der Waals surface area contributed by atoms with Crippen LogP contribution in [0.25, 0.3) is 32.9 Å². The van der Waals surface area contributed by atoms with Gasteiger partial charge in [-0.15, -0.1) is 0 Å². The lowest BCUT2D eigenvalue weighted by Gasteiger charge is -2.11. The van der Waals surface area contributed by atoms with Gasteiger partial charge in [0, 0.05) is 60.3 Å². The first kappa shape index (κ1) is 27.6. The molecule has 0 bridgehead atoms. The molecule has 3 heterocycles. The number of nitrogens with two attached hydrogens (primary N) is 1. The molecule has 0 aliphatic carbocycles. The largest absolute Gasteiger partial charge is 0.481 e. The molecule has 0 aliphatic rings. The van der Waals surface area contributed by atoms with E-state index in [1.807, 2.05) is 12.3 Å². The fourth-order valence-corrected chi connectivity index (χ4v) is 3.77. The molecular weight excluding hydrogens is 488 g/mol. The van der Waals surface area contributed by atoms with Crippen molar-refractivity contribution < 1.29 is 19.8 Å². The van der Waals surface area contributed by atoms with Crippen LogP contribution in [0.1, 0.15) is 19.4 Å². The molecule has 198 valence electrons. The number of anilines is 3. The Bertz CT molecular complexity index is 1540. The Hall–Kier alpha value is -4.97. The van der Waals surface area contributed by atoms with Crippen LogP contribution in [-0.4, -0.2) is 66.3 Å². The predicted molar refractivity (Wildman–Crippen MR) is 147 cm³/mol. The molecule has 0 amide bonds. The van der Waals surface area contributed by atoms with Crippen molar-refractivity contribution in [3.05, 3.63) is 60.6 Å². The standard InChI is InChI=1S/C22H22N8.2C2H4O2/c1-30(2)12-15-10-25-19-4-3-13(8-17(15)19)18-9-16(7-14-11-26-29-21(14)18)27-20-5-6-24-22(23)28-20;2*1-2(3)4/h3-11,25H,12H2,1-2H3,(H,26,29)(H3,23,24,27,28);2*1H3,(H,3,4). The molecule has 0 aliphatic heterocycles. The van der Waals surface area contributed by atoms with Crippen LogP contribution in [0.2, 0.25) is 0 Å². The second-order valence-electron chi connectivity index (χ2n) is 8.63.